The minimum Gasteiger partial charge on any atom is -0.476 e. The van der Waals surface area contributed by atoms with Gasteiger partial charge in [0.2, 0.25) is 11.7 Å². The van der Waals surface area contributed by atoms with Crippen molar-refractivity contribution in [1.29, 1.82) is 5.26 Å². The molecule has 3 heterocycles. The topological polar surface area (TPSA) is 145 Å². The van der Waals surface area contributed by atoms with Gasteiger partial charge in [-0.25, -0.2) is 19.2 Å². The van der Waals surface area contributed by atoms with Crippen LogP contribution in [0.15, 0.2) is 48.9 Å². The Bertz CT molecular complexity index is 1940. The summed E-state index contributed by atoms with van der Waals surface area (Å²) in [6, 6.07) is 9.56. The lowest BCUT2D eigenvalue weighted by atomic mass is 10.1. The van der Waals surface area contributed by atoms with Gasteiger partial charge >= 0.3 is 6.09 Å². The second-order valence-corrected chi connectivity index (χ2v) is 12.5. The van der Waals surface area contributed by atoms with E-state index in [0.717, 1.165) is 0 Å². The van der Waals surface area contributed by atoms with Gasteiger partial charge in [-0.1, -0.05) is 0 Å². The molecular weight excluding hydrogens is 638 g/mol. The highest BCUT2D eigenvalue weighted by molar-refractivity contribution is 5.96. The van der Waals surface area contributed by atoms with Crippen molar-refractivity contribution in [2.75, 3.05) is 51.7 Å². The van der Waals surface area contributed by atoms with E-state index in [0.29, 0.717) is 54.5 Å². The number of hydrogen-bond acceptors (Lipinski definition) is 9. The molecule has 4 aromatic rings. The van der Waals surface area contributed by atoms with E-state index in [2.05, 4.69) is 15.3 Å². The van der Waals surface area contributed by atoms with Crippen molar-refractivity contribution in [3.63, 3.8) is 0 Å². The Kier molecular flexibility index (Phi) is 9.97. The van der Waals surface area contributed by atoms with E-state index in [1.54, 1.807) is 65.4 Å². The number of nitrogens with zero attached hydrogens (tertiary/aromatic N) is 7. The Labute approximate surface area is 281 Å². The molecule has 1 fully saturated rings. The zero-order valence-corrected chi connectivity index (χ0v) is 27.8. The summed E-state index contributed by atoms with van der Waals surface area (Å²) in [5, 5.41) is 11.9. The van der Waals surface area contributed by atoms with Crippen LogP contribution >= 0.6 is 0 Å². The summed E-state index contributed by atoms with van der Waals surface area (Å²) >= 11 is 0. The Morgan fingerprint density at radius 1 is 1.04 bits per heavy atom. The molecular formula is C34H36F2N8O5. The zero-order chi connectivity index (χ0) is 35.5. The predicted molar refractivity (Wildman–Crippen MR) is 175 cm³/mol. The van der Waals surface area contributed by atoms with Crippen LogP contribution in [0.4, 0.5) is 25.1 Å². The molecule has 0 saturated carbocycles. The summed E-state index contributed by atoms with van der Waals surface area (Å²) in [6.07, 6.45) is 3.88. The van der Waals surface area contributed by atoms with Gasteiger partial charge in [-0.15, -0.1) is 0 Å². The first-order chi connectivity index (χ1) is 23.3. The summed E-state index contributed by atoms with van der Waals surface area (Å²) in [5.74, 6) is -2.76. The first kappa shape index (κ1) is 34.6. The second-order valence-electron chi connectivity index (χ2n) is 12.5. The van der Waals surface area contributed by atoms with Gasteiger partial charge in [0.05, 0.1) is 11.9 Å². The molecule has 5 rings (SSSR count). The number of rotatable bonds is 8. The van der Waals surface area contributed by atoms with E-state index in [1.165, 1.54) is 36.5 Å². The number of hydrogen-bond donors (Lipinski definition) is 1. The molecule has 1 saturated heterocycles. The van der Waals surface area contributed by atoms with E-state index in [-0.39, 0.29) is 35.4 Å². The molecule has 256 valence electrons. The number of benzene rings is 2. The quantitative estimate of drug-likeness (QED) is 0.279. The number of carbonyl (C=O) groups is 3. The van der Waals surface area contributed by atoms with Crippen LogP contribution in [0.25, 0.3) is 16.9 Å². The lowest BCUT2D eigenvalue weighted by Gasteiger charge is -2.36. The molecule has 2 aromatic heterocycles. The number of fused-ring (bicyclic) bond motifs is 1. The fraction of sp³-hybridized carbons (Fsp3) is 0.353. The van der Waals surface area contributed by atoms with Crippen molar-refractivity contribution in [2.24, 2.45) is 0 Å². The molecule has 13 nitrogen and oxygen atoms in total. The number of nitriles is 1. The average molecular weight is 675 g/mol. The van der Waals surface area contributed by atoms with Gasteiger partial charge < -0.3 is 29.5 Å². The maximum atomic E-state index is 15.0. The summed E-state index contributed by atoms with van der Waals surface area (Å²) < 4.78 is 41.5. The van der Waals surface area contributed by atoms with Gasteiger partial charge in [0.1, 0.15) is 18.2 Å². The predicted octanol–water partition coefficient (Wildman–Crippen LogP) is 4.78. The fourth-order valence-electron chi connectivity index (χ4n) is 5.31. The first-order valence-corrected chi connectivity index (χ1v) is 15.5. The molecule has 1 aliphatic rings. The lowest BCUT2D eigenvalue weighted by molar-refractivity contribution is -0.133. The monoisotopic (exact) mass is 674 g/mol. The van der Waals surface area contributed by atoms with Gasteiger partial charge in [0, 0.05) is 62.4 Å². The Morgan fingerprint density at radius 2 is 1.76 bits per heavy atom. The molecule has 15 heteroatoms. The summed E-state index contributed by atoms with van der Waals surface area (Å²) in [4.78, 5) is 51.8. The maximum Gasteiger partial charge on any atom is 0.410 e. The molecule has 1 aliphatic heterocycles. The van der Waals surface area contributed by atoms with Gasteiger partial charge in [0.25, 0.3) is 5.91 Å². The minimum absolute atomic E-state index is 0.0523. The van der Waals surface area contributed by atoms with Crippen LogP contribution < -0.4 is 10.1 Å². The Hall–Kier alpha value is -5.78. The highest BCUT2D eigenvalue weighted by Crippen LogP contribution is 2.32. The SMILES string of the molecule is Cc1cc(Nc2nccn3c(-c4ccc(OCC#N)c(F)c4F)cnc23)ccc1C(=O)N1CCN(C(=O)CN(C)C(=O)OC(C)(C)C)CC1. The molecule has 0 atom stereocenters. The second kappa shape index (κ2) is 14.1. The minimum atomic E-state index is -1.21. The number of aromatic nitrogens is 3. The number of carbonyl (C=O) groups excluding carboxylic acids is 3. The zero-order valence-electron chi connectivity index (χ0n) is 27.8. The Balaban J connectivity index is 1.23. The van der Waals surface area contributed by atoms with Crippen LogP contribution in [0.5, 0.6) is 5.75 Å². The molecule has 3 amide bonds. The standard InChI is InChI=1S/C34H36F2N8O5/c1-21-18-22(6-7-23(21)32(46)43-15-13-42(14-16-43)27(45)20-41(5)33(47)49-34(2,3)4)40-30-31-39-19-25(44(31)12-11-38-30)24-8-9-26(48-17-10-37)29(36)28(24)35/h6-9,11-12,18-19H,13-17,20H2,1-5H3,(H,38,40). The van der Waals surface area contributed by atoms with Crippen LogP contribution in [-0.4, -0.2) is 99.0 Å². The maximum absolute atomic E-state index is 15.0. The molecule has 0 bridgehead atoms. The molecule has 2 aromatic carbocycles. The van der Waals surface area contributed by atoms with Crippen molar-refractivity contribution in [1.82, 2.24) is 29.1 Å². The lowest BCUT2D eigenvalue weighted by Crippen LogP contribution is -2.53. The number of nitrogens with one attached hydrogen (secondary N) is 1. The number of amides is 3. The smallest absolute Gasteiger partial charge is 0.410 e. The van der Waals surface area contributed by atoms with Gasteiger partial charge in [0.15, 0.2) is 29.6 Å². The highest BCUT2D eigenvalue weighted by Gasteiger charge is 2.28. The summed E-state index contributed by atoms with van der Waals surface area (Å²) in [5.41, 5.74) is 1.74. The third kappa shape index (κ3) is 7.69. The van der Waals surface area contributed by atoms with E-state index < -0.39 is 29.9 Å². The number of ether oxygens (including phenoxy) is 2. The van der Waals surface area contributed by atoms with Crippen LogP contribution in [-0.2, 0) is 9.53 Å². The van der Waals surface area contributed by atoms with Crippen molar-refractivity contribution in [2.45, 2.75) is 33.3 Å². The van der Waals surface area contributed by atoms with Crippen molar-refractivity contribution in [3.8, 4) is 23.1 Å². The number of likely N-dealkylation sites (N-methyl/N-ethyl adjacent to an activating group) is 1. The normalized spacial score (nSPS) is 13.2. The van der Waals surface area contributed by atoms with E-state index >= 15 is 4.39 Å². The van der Waals surface area contributed by atoms with Gasteiger partial charge in [-0.2, -0.15) is 9.65 Å². The fourth-order valence-corrected chi connectivity index (χ4v) is 5.31. The Morgan fingerprint density at radius 3 is 2.43 bits per heavy atom. The van der Waals surface area contributed by atoms with Gasteiger partial charge in [-0.05, 0) is 63.6 Å². The van der Waals surface area contributed by atoms with E-state index in [9.17, 15) is 18.8 Å². The summed E-state index contributed by atoms with van der Waals surface area (Å²) in [6.45, 7) is 7.89. The largest absolute Gasteiger partial charge is 0.476 e. The molecule has 0 unspecified atom stereocenters. The number of anilines is 2. The summed E-state index contributed by atoms with van der Waals surface area (Å²) in [7, 11) is 1.51. The number of piperazine rings is 1. The van der Waals surface area contributed by atoms with Crippen molar-refractivity contribution < 1.29 is 32.6 Å². The van der Waals surface area contributed by atoms with Gasteiger partial charge in [-0.3, -0.25) is 14.0 Å². The van der Waals surface area contributed by atoms with Crippen LogP contribution in [0.3, 0.4) is 0 Å². The van der Waals surface area contributed by atoms with Crippen LogP contribution in [0.2, 0.25) is 0 Å². The van der Waals surface area contributed by atoms with Crippen LogP contribution in [0, 0.1) is 29.9 Å². The molecule has 0 spiro atoms. The third-order valence-corrected chi connectivity index (χ3v) is 7.76. The first-order valence-electron chi connectivity index (χ1n) is 15.5. The van der Waals surface area contributed by atoms with Crippen molar-refractivity contribution in [3.05, 3.63) is 71.7 Å². The van der Waals surface area contributed by atoms with Crippen molar-refractivity contribution >= 4 is 35.1 Å². The molecule has 0 aliphatic carbocycles. The number of halogens is 2. The molecule has 0 radical (unpaired) electrons. The third-order valence-electron chi connectivity index (χ3n) is 7.76. The van der Waals surface area contributed by atoms with E-state index in [4.69, 9.17) is 14.7 Å². The van der Waals surface area contributed by atoms with Crippen LogP contribution in [0.1, 0.15) is 36.7 Å². The number of aryl methyl sites for hydroxylation is 1. The van der Waals surface area contributed by atoms with E-state index in [1.807, 2.05) is 6.92 Å². The number of imidazole rings is 1. The molecule has 1 N–H and O–H groups in total. The average Bonchev–Trinajstić information content (AvgIpc) is 3.49. The molecule has 49 heavy (non-hydrogen) atoms. The highest BCUT2D eigenvalue weighted by atomic mass is 19.2.